The zero-order valence-corrected chi connectivity index (χ0v) is 10.5. The Morgan fingerprint density at radius 2 is 2.07 bits per heavy atom. The number of alkyl halides is 1. The SMILES string of the molecule is BrCCCc1ccc(N2CCCC2)nc1. The summed E-state index contributed by atoms with van der Waals surface area (Å²) in [7, 11) is 0. The molecule has 0 saturated carbocycles. The number of aryl methyl sites for hydroxylation is 1. The molecule has 1 aliphatic rings. The van der Waals surface area contributed by atoms with E-state index in [-0.39, 0.29) is 0 Å². The van der Waals surface area contributed by atoms with E-state index in [4.69, 9.17) is 0 Å². The maximum absolute atomic E-state index is 4.52. The molecule has 1 saturated heterocycles. The molecular formula is C12H17BrN2. The number of aromatic nitrogens is 1. The third kappa shape index (κ3) is 2.94. The van der Waals surface area contributed by atoms with Gasteiger partial charge in [0, 0.05) is 24.6 Å². The lowest BCUT2D eigenvalue weighted by atomic mass is 10.2. The molecule has 0 amide bonds. The average molecular weight is 269 g/mol. The zero-order valence-electron chi connectivity index (χ0n) is 8.95. The number of nitrogens with zero attached hydrogens (tertiary/aromatic N) is 2. The highest BCUT2D eigenvalue weighted by Gasteiger charge is 2.12. The van der Waals surface area contributed by atoms with E-state index < -0.39 is 0 Å². The Hall–Kier alpha value is -0.570. The topological polar surface area (TPSA) is 16.1 Å². The maximum Gasteiger partial charge on any atom is 0.128 e. The summed E-state index contributed by atoms with van der Waals surface area (Å²) in [5.74, 6) is 1.15. The normalized spacial score (nSPS) is 15.9. The highest BCUT2D eigenvalue weighted by molar-refractivity contribution is 9.09. The van der Waals surface area contributed by atoms with E-state index >= 15 is 0 Å². The van der Waals surface area contributed by atoms with Gasteiger partial charge in [0.15, 0.2) is 0 Å². The highest BCUT2D eigenvalue weighted by Crippen LogP contribution is 2.17. The summed E-state index contributed by atoms with van der Waals surface area (Å²) in [6, 6.07) is 4.37. The van der Waals surface area contributed by atoms with E-state index in [1.54, 1.807) is 0 Å². The average Bonchev–Trinajstić information content (AvgIpc) is 2.80. The molecule has 15 heavy (non-hydrogen) atoms. The molecular weight excluding hydrogens is 252 g/mol. The molecule has 2 nitrogen and oxygen atoms in total. The molecule has 0 bridgehead atoms. The van der Waals surface area contributed by atoms with Crippen LogP contribution in [0.3, 0.4) is 0 Å². The lowest BCUT2D eigenvalue weighted by molar-refractivity contribution is 0.907. The van der Waals surface area contributed by atoms with Gasteiger partial charge in [-0.3, -0.25) is 0 Å². The van der Waals surface area contributed by atoms with Crippen molar-refractivity contribution in [2.24, 2.45) is 0 Å². The Balaban J connectivity index is 1.96. The van der Waals surface area contributed by atoms with Crippen molar-refractivity contribution < 1.29 is 0 Å². The second-order valence-electron chi connectivity index (χ2n) is 4.01. The molecule has 1 aromatic rings. The summed E-state index contributed by atoms with van der Waals surface area (Å²) in [6.45, 7) is 2.35. The quantitative estimate of drug-likeness (QED) is 0.781. The van der Waals surface area contributed by atoms with E-state index in [9.17, 15) is 0 Å². The van der Waals surface area contributed by atoms with Gasteiger partial charge in [-0.15, -0.1) is 0 Å². The summed E-state index contributed by atoms with van der Waals surface area (Å²) in [4.78, 5) is 6.89. The molecule has 1 aromatic heterocycles. The van der Waals surface area contributed by atoms with Crippen molar-refractivity contribution in [1.29, 1.82) is 0 Å². The molecule has 0 aromatic carbocycles. The van der Waals surface area contributed by atoms with Gasteiger partial charge < -0.3 is 4.90 Å². The van der Waals surface area contributed by atoms with Crippen molar-refractivity contribution in [3.8, 4) is 0 Å². The van der Waals surface area contributed by atoms with Crippen molar-refractivity contribution in [1.82, 2.24) is 4.98 Å². The number of hydrogen-bond acceptors (Lipinski definition) is 2. The zero-order chi connectivity index (χ0) is 10.5. The van der Waals surface area contributed by atoms with Crippen LogP contribution in [0.5, 0.6) is 0 Å². The van der Waals surface area contributed by atoms with E-state index in [1.807, 2.05) is 6.20 Å². The summed E-state index contributed by atoms with van der Waals surface area (Å²) in [6.07, 6.45) is 6.96. The number of halogens is 1. The summed E-state index contributed by atoms with van der Waals surface area (Å²) >= 11 is 3.45. The number of anilines is 1. The fourth-order valence-electron chi connectivity index (χ4n) is 1.97. The van der Waals surface area contributed by atoms with Crippen LogP contribution in [0.1, 0.15) is 24.8 Å². The van der Waals surface area contributed by atoms with Crippen LogP contribution in [0.2, 0.25) is 0 Å². The first kappa shape index (κ1) is 10.9. The summed E-state index contributed by atoms with van der Waals surface area (Å²) in [5.41, 5.74) is 1.34. The van der Waals surface area contributed by atoms with E-state index in [0.29, 0.717) is 0 Å². The first-order chi connectivity index (χ1) is 7.40. The Labute approximate surface area is 99.8 Å². The smallest absolute Gasteiger partial charge is 0.128 e. The van der Waals surface area contributed by atoms with Gasteiger partial charge in [-0.05, 0) is 37.3 Å². The van der Waals surface area contributed by atoms with Gasteiger partial charge in [0.1, 0.15) is 5.82 Å². The second kappa shape index (κ2) is 5.50. The fourth-order valence-corrected chi connectivity index (χ4v) is 2.25. The van der Waals surface area contributed by atoms with Gasteiger partial charge in [-0.25, -0.2) is 4.98 Å². The third-order valence-electron chi connectivity index (χ3n) is 2.84. The lowest BCUT2D eigenvalue weighted by Crippen LogP contribution is -2.18. The first-order valence-corrected chi connectivity index (χ1v) is 6.78. The Morgan fingerprint density at radius 1 is 1.27 bits per heavy atom. The van der Waals surface area contributed by atoms with E-state index in [0.717, 1.165) is 17.6 Å². The van der Waals surface area contributed by atoms with Gasteiger partial charge in [0.25, 0.3) is 0 Å². The minimum absolute atomic E-state index is 1.07. The molecule has 0 aliphatic carbocycles. The molecule has 0 spiro atoms. The molecule has 82 valence electrons. The van der Waals surface area contributed by atoms with Crippen molar-refractivity contribution >= 4 is 21.7 Å². The number of rotatable bonds is 4. The van der Waals surface area contributed by atoms with Crippen LogP contribution in [0.4, 0.5) is 5.82 Å². The molecule has 0 atom stereocenters. The van der Waals surface area contributed by atoms with Crippen LogP contribution in [-0.2, 0) is 6.42 Å². The van der Waals surface area contributed by atoms with Gasteiger partial charge in [-0.2, -0.15) is 0 Å². The minimum Gasteiger partial charge on any atom is -0.357 e. The molecule has 0 unspecified atom stereocenters. The molecule has 1 aliphatic heterocycles. The van der Waals surface area contributed by atoms with Crippen molar-refractivity contribution in [2.75, 3.05) is 23.3 Å². The third-order valence-corrected chi connectivity index (χ3v) is 3.40. The molecule has 0 N–H and O–H groups in total. The summed E-state index contributed by atoms with van der Waals surface area (Å²) in [5, 5.41) is 1.07. The Bertz CT molecular complexity index is 291. The largest absolute Gasteiger partial charge is 0.357 e. The minimum atomic E-state index is 1.07. The molecule has 0 radical (unpaired) electrons. The Kier molecular flexibility index (Phi) is 4.01. The number of hydrogen-bond donors (Lipinski definition) is 0. The number of pyridine rings is 1. The highest BCUT2D eigenvalue weighted by atomic mass is 79.9. The van der Waals surface area contributed by atoms with Crippen LogP contribution in [0, 0.1) is 0 Å². The van der Waals surface area contributed by atoms with Crippen LogP contribution in [0.15, 0.2) is 18.3 Å². The van der Waals surface area contributed by atoms with Crippen molar-refractivity contribution in [3.63, 3.8) is 0 Å². The van der Waals surface area contributed by atoms with Gasteiger partial charge in [0.2, 0.25) is 0 Å². The maximum atomic E-state index is 4.52. The van der Waals surface area contributed by atoms with E-state index in [1.165, 1.54) is 37.9 Å². The van der Waals surface area contributed by atoms with Crippen molar-refractivity contribution in [2.45, 2.75) is 25.7 Å². The molecule has 2 heterocycles. The fraction of sp³-hybridized carbons (Fsp3) is 0.583. The monoisotopic (exact) mass is 268 g/mol. The standard InChI is InChI=1S/C12H17BrN2/c13-7-3-4-11-5-6-12(14-10-11)15-8-1-2-9-15/h5-6,10H,1-4,7-9H2. The second-order valence-corrected chi connectivity index (χ2v) is 4.80. The predicted octanol–water partition coefficient (Wildman–Crippen LogP) is 3.01. The first-order valence-electron chi connectivity index (χ1n) is 5.66. The molecule has 3 heteroatoms. The summed E-state index contributed by atoms with van der Waals surface area (Å²) < 4.78 is 0. The van der Waals surface area contributed by atoms with Crippen LogP contribution < -0.4 is 4.90 Å². The molecule has 2 rings (SSSR count). The van der Waals surface area contributed by atoms with E-state index in [2.05, 4.69) is 37.9 Å². The van der Waals surface area contributed by atoms with Gasteiger partial charge in [-0.1, -0.05) is 22.0 Å². The van der Waals surface area contributed by atoms with Gasteiger partial charge in [0.05, 0.1) is 0 Å². The van der Waals surface area contributed by atoms with Crippen molar-refractivity contribution in [3.05, 3.63) is 23.9 Å². The Morgan fingerprint density at radius 3 is 2.67 bits per heavy atom. The van der Waals surface area contributed by atoms with Crippen LogP contribution >= 0.6 is 15.9 Å². The predicted molar refractivity (Wildman–Crippen MR) is 67.8 cm³/mol. The lowest BCUT2D eigenvalue weighted by Gasteiger charge is -2.16. The van der Waals surface area contributed by atoms with Gasteiger partial charge >= 0.3 is 0 Å². The molecule has 1 fully saturated rings. The van der Waals surface area contributed by atoms with Crippen LogP contribution in [0.25, 0.3) is 0 Å². The van der Waals surface area contributed by atoms with Crippen LogP contribution in [-0.4, -0.2) is 23.4 Å².